The number of ketones is 1. The number of benzene rings is 1. The number of hydrogen-bond acceptors (Lipinski definition) is 3. The Morgan fingerprint density at radius 3 is 2.71 bits per heavy atom. The number of fused-ring (bicyclic) bond motifs is 1. The Balaban J connectivity index is 2.10. The summed E-state index contributed by atoms with van der Waals surface area (Å²) in [5.74, 6) is -0.804. The number of halogens is 1. The topological polar surface area (TPSA) is 88.8 Å². The molecule has 0 aliphatic carbocycles. The Bertz CT molecular complexity index is 870. The molecule has 104 valence electrons. The van der Waals surface area contributed by atoms with Crippen molar-refractivity contribution in [3.8, 4) is 0 Å². The minimum absolute atomic E-state index is 0.228. The molecule has 3 aromatic rings. The number of aromatic nitrogens is 2. The third-order valence-corrected chi connectivity index (χ3v) is 3.36. The van der Waals surface area contributed by atoms with Gasteiger partial charge in [-0.25, -0.2) is 4.98 Å². The second kappa shape index (κ2) is 5.03. The number of carbonyl (C=O) groups is 2. The highest BCUT2D eigenvalue weighted by atomic mass is 35.5. The third kappa shape index (κ3) is 2.39. The molecule has 21 heavy (non-hydrogen) atoms. The predicted molar refractivity (Wildman–Crippen MR) is 79.5 cm³/mol. The summed E-state index contributed by atoms with van der Waals surface area (Å²) < 4.78 is 0. The lowest BCUT2D eigenvalue weighted by molar-refractivity contribution is 0.1000. The fourth-order valence-electron chi connectivity index (χ4n) is 2.13. The largest absolute Gasteiger partial charge is 0.366 e. The normalized spacial score (nSPS) is 10.7. The lowest BCUT2D eigenvalue weighted by Gasteiger charge is -2.02. The van der Waals surface area contributed by atoms with E-state index in [2.05, 4.69) is 9.97 Å². The van der Waals surface area contributed by atoms with Crippen molar-refractivity contribution in [2.75, 3.05) is 0 Å². The first kappa shape index (κ1) is 13.3. The van der Waals surface area contributed by atoms with Crippen molar-refractivity contribution in [2.45, 2.75) is 0 Å². The van der Waals surface area contributed by atoms with E-state index in [9.17, 15) is 9.59 Å². The maximum absolute atomic E-state index is 12.6. The summed E-state index contributed by atoms with van der Waals surface area (Å²) in [5.41, 5.74) is 6.92. The van der Waals surface area contributed by atoms with Crippen LogP contribution < -0.4 is 5.73 Å². The molecule has 0 atom stereocenters. The smallest absolute Gasteiger partial charge is 0.248 e. The summed E-state index contributed by atoms with van der Waals surface area (Å²) in [6.45, 7) is 0. The zero-order valence-electron chi connectivity index (χ0n) is 10.8. The Morgan fingerprint density at radius 1 is 1.19 bits per heavy atom. The number of nitrogens with zero attached hydrogens (tertiary/aromatic N) is 1. The number of H-pyrrole nitrogens is 1. The third-order valence-electron chi connectivity index (χ3n) is 3.15. The van der Waals surface area contributed by atoms with Crippen LogP contribution in [-0.4, -0.2) is 21.7 Å². The lowest BCUT2D eigenvalue weighted by atomic mass is 10.0. The standard InChI is InChI=1S/C15H10ClN3O2/c16-10-5-11-12(7-19-15(11)18-6-10)13(20)8-2-1-3-9(4-8)14(17)21/h1-7H,(H2,17,21)(H,18,19). The zero-order valence-corrected chi connectivity index (χ0v) is 11.5. The Labute approximate surface area is 124 Å². The zero-order chi connectivity index (χ0) is 15.0. The molecule has 0 aliphatic heterocycles. The Hall–Kier alpha value is -2.66. The average molecular weight is 300 g/mol. The van der Waals surface area contributed by atoms with Crippen LogP contribution in [0.4, 0.5) is 0 Å². The first-order chi connectivity index (χ1) is 10.1. The number of rotatable bonds is 3. The molecule has 0 fully saturated rings. The summed E-state index contributed by atoms with van der Waals surface area (Å²) in [7, 11) is 0. The van der Waals surface area contributed by atoms with E-state index in [1.165, 1.54) is 12.3 Å². The molecule has 0 radical (unpaired) electrons. The first-order valence-corrected chi connectivity index (χ1v) is 6.51. The second-order valence-electron chi connectivity index (χ2n) is 4.53. The molecule has 1 aromatic carbocycles. The van der Waals surface area contributed by atoms with Crippen LogP contribution >= 0.6 is 11.6 Å². The van der Waals surface area contributed by atoms with E-state index in [0.717, 1.165) is 0 Å². The molecule has 0 saturated heterocycles. The van der Waals surface area contributed by atoms with Crippen LogP contribution in [0.15, 0.2) is 42.7 Å². The molecule has 0 unspecified atom stereocenters. The highest BCUT2D eigenvalue weighted by Crippen LogP contribution is 2.23. The number of primary amides is 1. The van der Waals surface area contributed by atoms with Crippen molar-refractivity contribution >= 4 is 34.3 Å². The van der Waals surface area contributed by atoms with Gasteiger partial charge < -0.3 is 10.7 Å². The molecule has 1 amide bonds. The van der Waals surface area contributed by atoms with Crippen molar-refractivity contribution in [1.29, 1.82) is 0 Å². The summed E-state index contributed by atoms with van der Waals surface area (Å²) in [6, 6.07) is 7.96. The first-order valence-electron chi connectivity index (χ1n) is 6.13. The summed E-state index contributed by atoms with van der Waals surface area (Å²) in [5, 5.41) is 1.08. The van der Waals surface area contributed by atoms with Crippen molar-refractivity contribution in [3.63, 3.8) is 0 Å². The van der Waals surface area contributed by atoms with Gasteiger partial charge in [0.25, 0.3) is 0 Å². The molecule has 3 rings (SSSR count). The fourth-order valence-corrected chi connectivity index (χ4v) is 2.29. The number of hydrogen-bond donors (Lipinski definition) is 2. The second-order valence-corrected chi connectivity index (χ2v) is 4.96. The molecule has 2 aromatic heterocycles. The van der Waals surface area contributed by atoms with E-state index in [4.69, 9.17) is 17.3 Å². The van der Waals surface area contributed by atoms with E-state index < -0.39 is 5.91 Å². The SMILES string of the molecule is NC(=O)c1cccc(C(=O)c2c[nH]c3ncc(Cl)cc23)c1. The van der Waals surface area contributed by atoms with Gasteiger partial charge in [-0.1, -0.05) is 23.7 Å². The Morgan fingerprint density at radius 2 is 1.95 bits per heavy atom. The quantitative estimate of drug-likeness (QED) is 0.728. The van der Waals surface area contributed by atoms with Gasteiger partial charge in [0.2, 0.25) is 5.91 Å². The number of amides is 1. The number of carbonyl (C=O) groups excluding carboxylic acids is 2. The number of aromatic amines is 1. The summed E-state index contributed by atoms with van der Waals surface area (Å²) in [6.07, 6.45) is 3.08. The molecular weight excluding hydrogens is 290 g/mol. The van der Waals surface area contributed by atoms with Gasteiger partial charge in [-0.3, -0.25) is 9.59 Å². The number of nitrogens with two attached hydrogens (primary N) is 1. The van der Waals surface area contributed by atoms with Gasteiger partial charge in [0.15, 0.2) is 5.78 Å². The molecule has 0 aliphatic rings. The van der Waals surface area contributed by atoms with Gasteiger partial charge in [0, 0.05) is 34.5 Å². The average Bonchev–Trinajstić information content (AvgIpc) is 2.89. The highest BCUT2D eigenvalue weighted by Gasteiger charge is 2.16. The van der Waals surface area contributed by atoms with Crippen LogP contribution in [0.25, 0.3) is 11.0 Å². The van der Waals surface area contributed by atoms with E-state index in [1.54, 1.807) is 30.5 Å². The van der Waals surface area contributed by atoms with Crippen molar-refractivity contribution in [3.05, 3.63) is 64.4 Å². The molecule has 0 bridgehead atoms. The fraction of sp³-hybridized carbons (Fsp3) is 0. The van der Waals surface area contributed by atoms with Gasteiger partial charge in [0.05, 0.1) is 5.02 Å². The molecule has 5 nitrogen and oxygen atoms in total. The predicted octanol–water partition coefficient (Wildman–Crippen LogP) is 2.55. The summed E-state index contributed by atoms with van der Waals surface area (Å²) >= 11 is 5.92. The van der Waals surface area contributed by atoms with Crippen LogP contribution in [0, 0.1) is 0 Å². The van der Waals surface area contributed by atoms with Gasteiger partial charge in [-0.2, -0.15) is 0 Å². The van der Waals surface area contributed by atoms with Gasteiger partial charge >= 0.3 is 0 Å². The van der Waals surface area contributed by atoms with E-state index >= 15 is 0 Å². The van der Waals surface area contributed by atoms with Crippen molar-refractivity contribution in [1.82, 2.24) is 9.97 Å². The molecular formula is C15H10ClN3O2. The number of nitrogens with one attached hydrogen (secondary N) is 1. The van der Waals surface area contributed by atoms with Crippen LogP contribution in [0.5, 0.6) is 0 Å². The molecule has 2 heterocycles. The van der Waals surface area contributed by atoms with Gasteiger partial charge in [-0.15, -0.1) is 0 Å². The van der Waals surface area contributed by atoms with Crippen molar-refractivity contribution in [2.24, 2.45) is 5.73 Å². The minimum Gasteiger partial charge on any atom is -0.366 e. The highest BCUT2D eigenvalue weighted by molar-refractivity contribution is 6.31. The van der Waals surface area contributed by atoms with E-state index in [-0.39, 0.29) is 11.3 Å². The number of pyridine rings is 1. The maximum Gasteiger partial charge on any atom is 0.248 e. The lowest BCUT2D eigenvalue weighted by Crippen LogP contribution is -2.12. The molecule has 0 spiro atoms. The minimum atomic E-state index is -0.576. The molecule has 0 saturated carbocycles. The maximum atomic E-state index is 12.6. The van der Waals surface area contributed by atoms with E-state index in [0.29, 0.717) is 27.2 Å². The van der Waals surface area contributed by atoms with Gasteiger partial charge in [-0.05, 0) is 18.2 Å². The van der Waals surface area contributed by atoms with Crippen molar-refractivity contribution < 1.29 is 9.59 Å². The van der Waals surface area contributed by atoms with Gasteiger partial charge in [0.1, 0.15) is 5.65 Å². The van der Waals surface area contributed by atoms with Crippen LogP contribution in [-0.2, 0) is 0 Å². The monoisotopic (exact) mass is 299 g/mol. The van der Waals surface area contributed by atoms with Crippen LogP contribution in [0.2, 0.25) is 5.02 Å². The molecule has 3 N–H and O–H groups in total. The van der Waals surface area contributed by atoms with E-state index in [1.807, 2.05) is 0 Å². The Kier molecular flexibility index (Phi) is 3.19. The molecule has 6 heteroatoms. The summed E-state index contributed by atoms with van der Waals surface area (Å²) in [4.78, 5) is 30.8. The van der Waals surface area contributed by atoms with Crippen LogP contribution in [0.3, 0.4) is 0 Å². The van der Waals surface area contributed by atoms with Crippen LogP contribution in [0.1, 0.15) is 26.3 Å².